The van der Waals surface area contributed by atoms with E-state index < -0.39 is 0 Å². The van der Waals surface area contributed by atoms with Crippen LogP contribution in [0.4, 0.5) is 0 Å². The van der Waals surface area contributed by atoms with Crippen molar-refractivity contribution in [1.29, 1.82) is 0 Å². The summed E-state index contributed by atoms with van der Waals surface area (Å²) in [5.74, 6) is 0.606. The summed E-state index contributed by atoms with van der Waals surface area (Å²) < 4.78 is 0. The van der Waals surface area contributed by atoms with Gasteiger partial charge in [-0.05, 0) is 12.3 Å². The lowest BCUT2D eigenvalue weighted by Gasteiger charge is -1.68. The maximum atomic E-state index is 8.44. The van der Waals surface area contributed by atoms with Crippen molar-refractivity contribution in [3.05, 3.63) is 0 Å². The monoisotopic (exact) mass is 72.1 g/mol. The van der Waals surface area contributed by atoms with Gasteiger partial charge in [0.25, 0.3) is 0 Å². The Labute approximate surface area is 31.6 Å². The molecule has 0 bridgehead atoms. The van der Waals surface area contributed by atoms with Gasteiger partial charge in [-0.25, -0.2) is 0 Å². The molecule has 0 amide bonds. The molecule has 0 aromatic carbocycles. The number of aliphatic hydroxyl groups excluding tert-OH is 1. The Balaban J connectivity index is 2.20. The van der Waals surface area contributed by atoms with Crippen molar-refractivity contribution in [2.45, 2.75) is 19.4 Å². The third-order valence-electron chi connectivity index (χ3n) is 1.07. The largest absolute Gasteiger partial charge is 0.393 e. The number of aliphatic hydroxyl groups is 1. The van der Waals surface area contributed by atoms with Crippen LogP contribution in [-0.2, 0) is 0 Å². The molecule has 1 fully saturated rings. The van der Waals surface area contributed by atoms with Crippen molar-refractivity contribution in [2.24, 2.45) is 5.92 Å². The normalized spacial score (nSPS) is 49.2. The van der Waals surface area contributed by atoms with Crippen LogP contribution in [0.2, 0.25) is 0 Å². The van der Waals surface area contributed by atoms with E-state index in [1.54, 1.807) is 0 Å². The number of rotatable bonds is 0. The van der Waals surface area contributed by atoms with Crippen LogP contribution >= 0.6 is 0 Å². The fourth-order valence-electron chi connectivity index (χ4n) is 0.302. The van der Waals surface area contributed by atoms with E-state index in [4.69, 9.17) is 5.11 Å². The molecule has 0 spiro atoms. The van der Waals surface area contributed by atoms with Crippen LogP contribution in [-0.4, -0.2) is 11.2 Å². The predicted molar refractivity (Wildman–Crippen MR) is 19.8 cm³/mol. The van der Waals surface area contributed by atoms with Gasteiger partial charge in [-0.1, -0.05) is 6.92 Å². The van der Waals surface area contributed by atoms with Crippen LogP contribution in [0.15, 0.2) is 0 Å². The maximum Gasteiger partial charge on any atom is 0.0570 e. The highest BCUT2D eigenvalue weighted by molar-refractivity contribution is 4.80. The minimum atomic E-state index is 0.0509. The van der Waals surface area contributed by atoms with E-state index in [-0.39, 0.29) is 6.10 Å². The van der Waals surface area contributed by atoms with E-state index >= 15 is 0 Å². The van der Waals surface area contributed by atoms with Crippen LogP contribution in [0.1, 0.15) is 13.3 Å². The van der Waals surface area contributed by atoms with Crippen LogP contribution in [0.3, 0.4) is 0 Å². The Bertz CT molecular complexity index is 36.9. The molecule has 1 aliphatic rings. The summed E-state index contributed by atoms with van der Waals surface area (Å²) in [6, 6.07) is 0. The molecular weight excluding hydrogens is 64.0 g/mol. The van der Waals surface area contributed by atoms with E-state index in [9.17, 15) is 0 Å². The van der Waals surface area contributed by atoms with Gasteiger partial charge in [-0.2, -0.15) is 0 Å². The second kappa shape index (κ2) is 0.716. The van der Waals surface area contributed by atoms with Gasteiger partial charge >= 0.3 is 0 Å². The Morgan fingerprint density at radius 2 is 2.00 bits per heavy atom. The van der Waals surface area contributed by atoms with Gasteiger partial charge in [-0.3, -0.25) is 0 Å². The highest BCUT2D eigenvalue weighted by atomic mass is 16.3. The predicted octanol–water partition coefficient (Wildman–Crippen LogP) is 0.387. The zero-order chi connectivity index (χ0) is 3.86. The van der Waals surface area contributed by atoms with Crippen molar-refractivity contribution in [3.8, 4) is 0 Å². The lowest BCUT2D eigenvalue weighted by molar-refractivity contribution is 0.263. The second-order valence-electron chi connectivity index (χ2n) is 1.78. The molecule has 0 aromatic heterocycles. The average Bonchev–Trinajstić information content (AvgIpc) is 1.79. The maximum absolute atomic E-state index is 8.44. The van der Waals surface area contributed by atoms with Gasteiger partial charge in [0, 0.05) is 0 Å². The molecule has 2 atom stereocenters. The van der Waals surface area contributed by atoms with E-state index in [1.807, 2.05) is 6.92 Å². The highest BCUT2D eigenvalue weighted by Crippen LogP contribution is 2.27. The van der Waals surface area contributed by atoms with Crippen molar-refractivity contribution >= 4 is 0 Å². The Hall–Kier alpha value is -0.0400. The molecule has 1 unspecified atom stereocenters. The topological polar surface area (TPSA) is 20.2 Å². The molecule has 0 radical (unpaired) electrons. The fraction of sp³-hybridized carbons (Fsp3) is 1.00. The van der Waals surface area contributed by atoms with E-state index in [2.05, 4.69) is 0 Å². The van der Waals surface area contributed by atoms with Crippen molar-refractivity contribution in [2.75, 3.05) is 0 Å². The van der Waals surface area contributed by atoms with Gasteiger partial charge in [-0.15, -0.1) is 0 Å². The second-order valence-corrected chi connectivity index (χ2v) is 1.78. The summed E-state index contributed by atoms with van der Waals surface area (Å²) in [6.45, 7) is 2.05. The molecule has 0 aromatic rings. The Kier molecular flexibility index (Phi) is 0.453. The Morgan fingerprint density at radius 1 is 1.80 bits per heavy atom. The first-order valence-corrected chi connectivity index (χ1v) is 1.99. The summed E-state index contributed by atoms with van der Waals surface area (Å²) in [7, 11) is 0. The molecule has 1 saturated carbocycles. The highest BCUT2D eigenvalue weighted by Gasteiger charge is 2.29. The quantitative estimate of drug-likeness (QED) is 0.439. The molecule has 1 aliphatic carbocycles. The molecule has 1 N–H and O–H groups in total. The minimum Gasteiger partial charge on any atom is -0.393 e. The van der Waals surface area contributed by atoms with Gasteiger partial charge in [0.15, 0.2) is 0 Å². The Morgan fingerprint density at radius 3 is 2.00 bits per heavy atom. The molecule has 0 saturated heterocycles. The summed E-state index contributed by atoms with van der Waals surface area (Å²) >= 11 is 0. The number of hydrogen-bond donors (Lipinski definition) is 1. The van der Waals surface area contributed by atoms with E-state index in [0.29, 0.717) is 5.92 Å². The van der Waals surface area contributed by atoms with Crippen LogP contribution in [0.25, 0.3) is 0 Å². The lowest BCUT2D eigenvalue weighted by Crippen LogP contribution is -1.74. The third kappa shape index (κ3) is 0.428. The molecule has 1 nitrogen and oxygen atoms in total. The van der Waals surface area contributed by atoms with Crippen LogP contribution in [0, 0.1) is 5.92 Å². The molecule has 30 valence electrons. The summed E-state index contributed by atoms with van der Waals surface area (Å²) in [5, 5.41) is 8.44. The SMILES string of the molecule is CC1C[C@@H]1O. The summed E-state index contributed by atoms with van der Waals surface area (Å²) in [5.41, 5.74) is 0. The minimum absolute atomic E-state index is 0.0509. The van der Waals surface area contributed by atoms with Crippen molar-refractivity contribution in [1.82, 2.24) is 0 Å². The zero-order valence-corrected chi connectivity index (χ0v) is 3.31. The lowest BCUT2D eigenvalue weighted by atomic mass is 10.5. The first kappa shape index (κ1) is 3.16. The molecule has 1 heteroatoms. The first-order chi connectivity index (χ1) is 2.30. The third-order valence-corrected chi connectivity index (χ3v) is 1.07. The average molecular weight is 72.1 g/mol. The van der Waals surface area contributed by atoms with Crippen molar-refractivity contribution < 1.29 is 5.11 Å². The summed E-state index contributed by atoms with van der Waals surface area (Å²) in [4.78, 5) is 0. The smallest absolute Gasteiger partial charge is 0.0570 e. The summed E-state index contributed by atoms with van der Waals surface area (Å²) in [6.07, 6.45) is 1.08. The molecule has 5 heavy (non-hydrogen) atoms. The van der Waals surface area contributed by atoms with E-state index in [0.717, 1.165) is 6.42 Å². The first-order valence-electron chi connectivity index (χ1n) is 1.99. The van der Waals surface area contributed by atoms with Gasteiger partial charge < -0.3 is 5.11 Å². The number of hydrogen-bond acceptors (Lipinski definition) is 1. The molecule has 0 heterocycles. The van der Waals surface area contributed by atoms with Crippen LogP contribution < -0.4 is 0 Å². The molecule has 0 aliphatic heterocycles. The fourth-order valence-corrected chi connectivity index (χ4v) is 0.302. The van der Waals surface area contributed by atoms with Crippen molar-refractivity contribution in [3.63, 3.8) is 0 Å². The zero-order valence-electron chi connectivity index (χ0n) is 3.31. The van der Waals surface area contributed by atoms with Gasteiger partial charge in [0.1, 0.15) is 0 Å². The standard InChI is InChI=1S/C4H8O/c1-3-2-4(3)5/h3-5H,2H2,1H3/t3?,4-/m0/s1. The van der Waals surface area contributed by atoms with E-state index in [1.165, 1.54) is 0 Å². The molecule has 1 rings (SSSR count). The van der Waals surface area contributed by atoms with Gasteiger partial charge in [0.05, 0.1) is 6.10 Å². The molecular formula is C4H8O. The van der Waals surface area contributed by atoms with Gasteiger partial charge in [0.2, 0.25) is 0 Å². The van der Waals surface area contributed by atoms with Crippen LogP contribution in [0.5, 0.6) is 0 Å².